The Morgan fingerprint density at radius 1 is 1.43 bits per heavy atom. The average molecular weight is 190 g/mol. The van der Waals surface area contributed by atoms with E-state index in [2.05, 4.69) is 9.97 Å². The van der Waals surface area contributed by atoms with Gasteiger partial charge in [0.2, 0.25) is 0 Å². The second-order valence-corrected chi connectivity index (χ2v) is 2.73. The van der Waals surface area contributed by atoms with Crippen LogP contribution in [0.2, 0.25) is 0 Å². The molecule has 0 aliphatic heterocycles. The molecule has 70 valence electrons. The van der Waals surface area contributed by atoms with Crippen molar-refractivity contribution in [2.45, 2.75) is 0 Å². The number of nitrogens with one attached hydrogen (secondary N) is 1. The highest BCUT2D eigenvalue weighted by atomic mass is 16.4. The number of H-pyrrole nitrogens is 1. The molecule has 0 aliphatic carbocycles. The summed E-state index contributed by atoms with van der Waals surface area (Å²) in [6.45, 7) is 0. The molecule has 0 unspecified atom stereocenters. The van der Waals surface area contributed by atoms with Gasteiger partial charge < -0.3 is 10.1 Å². The molecule has 2 N–H and O–H groups in total. The molecule has 0 saturated heterocycles. The smallest absolute Gasteiger partial charge is 0.336 e. The van der Waals surface area contributed by atoms with E-state index in [0.717, 1.165) is 0 Å². The van der Waals surface area contributed by atoms with E-state index < -0.39 is 5.97 Å². The van der Waals surface area contributed by atoms with Gasteiger partial charge in [-0.1, -0.05) is 0 Å². The number of pyridine rings is 2. The van der Waals surface area contributed by atoms with Gasteiger partial charge in [0.15, 0.2) is 5.43 Å². The summed E-state index contributed by atoms with van der Waals surface area (Å²) in [7, 11) is 0. The predicted molar refractivity (Wildman–Crippen MR) is 49.3 cm³/mol. The molecule has 0 fully saturated rings. The first kappa shape index (κ1) is 8.43. The van der Waals surface area contributed by atoms with Crippen molar-refractivity contribution in [1.82, 2.24) is 9.97 Å². The van der Waals surface area contributed by atoms with Crippen molar-refractivity contribution in [2.24, 2.45) is 0 Å². The second-order valence-electron chi connectivity index (χ2n) is 2.73. The summed E-state index contributed by atoms with van der Waals surface area (Å²) in [4.78, 5) is 28.7. The normalized spacial score (nSPS) is 10.3. The van der Waals surface area contributed by atoms with Gasteiger partial charge in [-0.05, 0) is 6.07 Å². The zero-order chi connectivity index (χ0) is 10.1. The highest BCUT2D eigenvalue weighted by Crippen LogP contribution is 2.09. The number of nitrogens with zero attached hydrogens (tertiary/aromatic N) is 1. The van der Waals surface area contributed by atoms with Crippen LogP contribution in [-0.2, 0) is 0 Å². The van der Waals surface area contributed by atoms with Crippen LogP contribution in [0, 0.1) is 0 Å². The van der Waals surface area contributed by atoms with Crippen LogP contribution in [0.5, 0.6) is 0 Å². The van der Waals surface area contributed by atoms with E-state index in [4.69, 9.17) is 5.11 Å². The van der Waals surface area contributed by atoms with Crippen LogP contribution in [0.4, 0.5) is 0 Å². The Labute approximate surface area is 78.0 Å². The molecular formula is C9H6N2O3. The van der Waals surface area contributed by atoms with Gasteiger partial charge in [0.1, 0.15) is 5.65 Å². The lowest BCUT2D eigenvalue weighted by Gasteiger charge is -1.99. The third-order valence-corrected chi connectivity index (χ3v) is 1.88. The maximum atomic E-state index is 11.4. The molecular weight excluding hydrogens is 184 g/mol. The highest BCUT2D eigenvalue weighted by Gasteiger charge is 2.10. The number of fused-ring (bicyclic) bond motifs is 1. The summed E-state index contributed by atoms with van der Waals surface area (Å²) in [6.07, 6.45) is 2.78. The van der Waals surface area contributed by atoms with E-state index in [9.17, 15) is 9.59 Å². The molecule has 0 saturated carbocycles. The van der Waals surface area contributed by atoms with Gasteiger partial charge in [-0.25, -0.2) is 9.78 Å². The van der Waals surface area contributed by atoms with E-state index in [1.807, 2.05) is 0 Å². The van der Waals surface area contributed by atoms with Crippen molar-refractivity contribution in [2.75, 3.05) is 0 Å². The Hall–Kier alpha value is -2.17. The molecule has 2 rings (SSSR count). The number of aromatic nitrogens is 2. The minimum Gasteiger partial charge on any atom is -0.478 e. The molecule has 0 aliphatic rings. The topological polar surface area (TPSA) is 83.0 Å². The van der Waals surface area contributed by atoms with Gasteiger partial charge in [0, 0.05) is 18.5 Å². The quantitative estimate of drug-likeness (QED) is 0.690. The maximum absolute atomic E-state index is 11.4. The Balaban J connectivity index is 2.99. The number of hydrogen-bond acceptors (Lipinski definition) is 3. The van der Waals surface area contributed by atoms with E-state index in [1.54, 1.807) is 0 Å². The molecule has 0 amide bonds. The summed E-state index contributed by atoms with van der Waals surface area (Å²) in [6, 6.07) is 2.58. The first-order valence-corrected chi connectivity index (χ1v) is 3.90. The SMILES string of the molecule is O=C(O)c1ccnc2[nH]ccc(=O)c12. The standard InChI is InChI=1S/C9H6N2O3/c12-6-2-4-11-8-7(6)5(9(13)14)1-3-10-8/h1-4H,(H,13,14)(H,10,11,12). The molecule has 0 radical (unpaired) electrons. The fourth-order valence-corrected chi connectivity index (χ4v) is 1.28. The molecule has 0 aromatic carbocycles. The molecule has 2 aromatic rings. The summed E-state index contributed by atoms with van der Waals surface area (Å²) >= 11 is 0. The van der Waals surface area contributed by atoms with E-state index in [1.165, 1.54) is 24.5 Å². The van der Waals surface area contributed by atoms with Gasteiger partial charge in [0.25, 0.3) is 0 Å². The molecule has 14 heavy (non-hydrogen) atoms. The maximum Gasteiger partial charge on any atom is 0.336 e. The molecule has 0 atom stereocenters. The average Bonchev–Trinajstić information content (AvgIpc) is 2.17. The zero-order valence-electron chi connectivity index (χ0n) is 7.02. The minimum absolute atomic E-state index is 0.0307. The molecule has 0 bridgehead atoms. The number of aromatic carboxylic acids is 1. The van der Waals surface area contributed by atoms with Crippen molar-refractivity contribution in [1.29, 1.82) is 0 Å². The number of carboxylic acid groups (broad SMARTS) is 1. The van der Waals surface area contributed by atoms with E-state index in [-0.39, 0.29) is 22.0 Å². The fourth-order valence-electron chi connectivity index (χ4n) is 1.28. The van der Waals surface area contributed by atoms with Crippen LogP contribution >= 0.6 is 0 Å². The lowest BCUT2D eigenvalue weighted by atomic mass is 10.1. The molecule has 0 spiro atoms. The van der Waals surface area contributed by atoms with Gasteiger partial charge in [-0.3, -0.25) is 4.79 Å². The number of rotatable bonds is 1. The van der Waals surface area contributed by atoms with Crippen LogP contribution < -0.4 is 5.43 Å². The predicted octanol–water partition coefficient (Wildman–Crippen LogP) is 0.621. The third kappa shape index (κ3) is 1.15. The van der Waals surface area contributed by atoms with E-state index in [0.29, 0.717) is 0 Å². The van der Waals surface area contributed by atoms with Crippen LogP contribution in [0.3, 0.4) is 0 Å². The van der Waals surface area contributed by atoms with Crippen molar-refractivity contribution >= 4 is 17.0 Å². The first-order chi connectivity index (χ1) is 6.70. The van der Waals surface area contributed by atoms with Gasteiger partial charge in [0.05, 0.1) is 10.9 Å². The largest absolute Gasteiger partial charge is 0.478 e. The van der Waals surface area contributed by atoms with Crippen molar-refractivity contribution in [3.63, 3.8) is 0 Å². The molecule has 2 aromatic heterocycles. The van der Waals surface area contributed by atoms with Crippen molar-refractivity contribution in [3.8, 4) is 0 Å². The monoisotopic (exact) mass is 190 g/mol. The molecule has 5 heteroatoms. The van der Waals surface area contributed by atoms with Gasteiger partial charge in [-0.2, -0.15) is 0 Å². The minimum atomic E-state index is -1.13. The Morgan fingerprint density at radius 3 is 2.93 bits per heavy atom. The molecule has 2 heterocycles. The van der Waals surface area contributed by atoms with Crippen LogP contribution in [0.15, 0.2) is 29.3 Å². The zero-order valence-corrected chi connectivity index (χ0v) is 7.02. The lowest BCUT2D eigenvalue weighted by molar-refractivity contribution is 0.0699. The summed E-state index contributed by atoms with van der Waals surface area (Å²) in [5.74, 6) is -1.13. The number of aromatic amines is 1. The van der Waals surface area contributed by atoms with Crippen LogP contribution in [0.25, 0.3) is 11.0 Å². The van der Waals surface area contributed by atoms with Gasteiger partial charge in [-0.15, -0.1) is 0 Å². The highest BCUT2D eigenvalue weighted by molar-refractivity contribution is 6.01. The Kier molecular flexibility index (Phi) is 1.78. The third-order valence-electron chi connectivity index (χ3n) is 1.88. The first-order valence-electron chi connectivity index (χ1n) is 3.90. The summed E-state index contributed by atoms with van der Waals surface area (Å²) < 4.78 is 0. The number of carbonyl (C=O) groups is 1. The van der Waals surface area contributed by atoms with Gasteiger partial charge >= 0.3 is 5.97 Å². The Bertz CT molecular complexity index is 554. The second kappa shape index (κ2) is 2.95. The number of hydrogen-bond donors (Lipinski definition) is 2. The number of carboxylic acids is 1. The van der Waals surface area contributed by atoms with Crippen molar-refractivity contribution < 1.29 is 9.90 Å². The summed E-state index contributed by atoms with van der Waals surface area (Å²) in [5, 5.41) is 8.94. The fraction of sp³-hybridized carbons (Fsp3) is 0. The van der Waals surface area contributed by atoms with Crippen LogP contribution in [0.1, 0.15) is 10.4 Å². The lowest BCUT2D eigenvalue weighted by Crippen LogP contribution is -2.08. The Morgan fingerprint density at radius 2 is 2.21 bits per heavy atom. The van der Waals surface area contributed by atoms with Crippen molar-refractivity contribution in [3.05, 3.63) is 40.3 Å². The molecule has 5 nitrogen and oxygen atoms in total. The van der Waals surface area contributed by atoms with Crippen LogP contribution in [-0.4, -0.2) is 21.0 Å². The van der Waals surface area contributed by atoms with E-state index >= 15 is 0 Å². The summed E-state index contributed by atoms with van der Waals surface area (Å²) in [5.41, 5.74) is -0.0847.